The van der Waals surface area contributed by atoms with Crippen molar-refractivity contribution in [2.75, 3.05) is 11.5 Å². The second-order valence-corrected chi connectivity index (χ2v) is 27.3. The summed E-state index contributed by atoms with van der Waals surface area (Å²) >= 11 is 0. The van der Waals surface area contributed by atoms with Crippen LogP contribution in [0.3, 0.4) is 0 Å². The van der Waals surface area contributed by atoms with Crippen LogP contribution in [0.15, 0.2) is 129 Å². The molecule has 12 atom stereocenters. The zero-order chi connectivity index (χ0) is 50.8. The standard InChI is InChI=1S/2C30H42O4S/c2*1-20-7-11-26(12-8-20)35(33,34)17-15-21(2)27-13-14-28-23(6-5-16-30(27,28)4)9-10-24-18-25(31)19-29(32)22(24)3/h2*7-12,21,25,27-29,31-32H,3,5-6,13-19H2,1-2,4H3/b2*23-9+,24-10-/t21-,25+,27-,28+,29-,30-;21-,25-,27-,28+,29+,30-/m11/s1. The van der Waals surface area contributed by atoms with Crippen LogP contribution in [0.5, 0.6) is 0 Å². The number of hydrogen-bond acceptors (Lipinski definition) is 8. The van der Waals surface area contributed by atoms with Gasteiger partial charge >= 0.3 is 0 Å². The van der Waals surface area contributed by atoms with Gasteiger partial charge in [-0.05, 0) is 197 Å². The number of fused-ring (bicyclic) bond motifs is 2. The second-order valence-electron chi connectivity index (χ2n) is 23.1. The first kappa shape index (κ1) is 54.4. The molecule has 4 N–H and O–H groups in total. The van der Waals surface area contributed by atoms with E-state index in [4.69, 9.17) is 0 Å². The average molecular weight is 997 g/mol. The number of aliphatic hydroxyl groups is 4. The third kappa shape index (κ3) is 12.2. The molecule has 0 aliphatic heterocycles. The van der Waals surface area contributed by atoms with Crippen LogP contribution < -0.4 is 0 Å². The summed E-state index contributed by atoms with van der Waals surface area (Å²) in [6.45, 7) is 21.4. The number of aryl methyl sites for hydroxylation is 2. The molecule has 0 saturated heterocycles. The third-order valence-electron chi connectivity index (χ3n) is 18.4. The molecule has 0 radical (unpaired) electrons. The molecule has 6 aliphatic rings. The van der Waals surface area contributed by atoms with E-state index >= 15 is 0 Å². The Morgan fingerprint density at radius 1 is 0.586 bits per heavy atom. The van der Waals surface area contributed by atoms with Crippen LogP contribution in [0.1, 0.15) is 142 Å². The predicted octanol–water partition coefficient (Wildman–Crippen LogP) is 11.9. The van der Waals surface area contributed by atoms with Crippen molar-refractivity contribution >= 4 is 19.7 Å². The molecule has 70 heavy (non-hydrogen) atoms. The van der Waals surface area contributed by atoms with Crippen molar-refractivity contribution in [3.63, 3.8) is 0 Å². The Balaban J connectivity index is 0.000000206. The zero-order valence-electron chi connectivity index (χ0n) is 43.1. The average Bonchev–Trinajstić information content (AvgIpc) is 3.86. The smallest absolute Gasteiger partial charge is 0.178 e. The molecule has 0 spiro atoms. The summed E-state index contributed by atoms with van der Waals surface area (Å²) in [4.78, 5) is 0.863. The number of hydrogen-bond donors (Lipinski definition) is 4. The maximum absolute atomic E-state index is 12.9. The molecule has 6 aliphatic carbocycles. The molecule has 0 unspecified atom stereocenters. The lowest BCUT2D eigenvalue weighted by molar-refractivity contribution is 0.0855. The Kier molecular flexibility index (Phi) is 17.4. The van der Waals surface area contributed by atoms with Crippen molar-refractivity contribution < 1.29 is 37.3 Å². The number of rotatable bonds is 12. The highest BCUT2D eigenvalue weighted by Crippen LogP contribution is 2.61. The topological polar surface area (TPSA) is 149 Å². The molecular formula is C60H84O8S2. The molecule has 8 rings (SSSR count). The van der Waals surface area contributed by atoms with Gasteiger partial charge in [-0.15, -0.1) is 0 Å². The Hall–Kier alpha value is -3.38. The SMILES string of the molecule is C=C1/C(=C\C=C2/CCC[C@]3(C)[C@@H]([C@H](C)CCS(=O)(=O)c4ccc(C)cc4)CC[C@@H]23)C[C@@H](O)C[C@@H]1O.C=C1/C(=C\C=C2/CCC[C@]3(C)[C@@H]([C@H](C)CCS(=O)(=O)c4ccc(C)cc4)CC[C@@H]23)C[C@H](O)C[C@H]1O. The third-order valence-corrected chi connectivity index (χ3v) is 21.9. The molecule has 384 valence electrons. The van der Waals surface area contributed by atoms with Gasteiger partial charge in [0.1, 0.15) is 0 Å². The van der Waals surface area contributed by atoms with Gasteiger partial charge in [-0.1, -0.05) is 112 Å². The Morgan fingerprint density at radius 2 is 0.943 bits per heavy atom. The number of aliphatic hydroxyl groups excluding tert-OH is 4. The van der Waals surface area contributed by atoms with Gasteiger partial charge in [0.15, 0.2) is 19.7 Å². The van der Waals surface area contributed by atoms with Gasteiger partial charge in [0.2, 0.25) is 0 Å². The van der Waals surface area contributed by atoms with Crippen LogP contribution in [0.25, 0.3) is 0 Å². The van der Waals surface area contributed by atoms with Crippen LogP contribution in [0, 0.1) is 60.2 Å². The summed E-state index contributed by atoms with van der Waals surface area (Å²) < 4.78 is 51.7. The minimum Gasteiger partial charge on any atom is -0.393 e. The monoisotopic (exact) mass is 997 g/mol. The summed E-state index contributed by atoms with van der Waals surface area (Å²) in [6, 6.07) is 14.4. The molecule has 2 aromatic carbocycles. The second kappa shape index (κ2) is 22.4. The van der Waals surface area contributed by atoms with Crippen LogP contribution in [-0.2, 0) is 19.7 Å². The van der Waals surface area contributed by atoms with Crippen molar-refractivity contribution in [3.8, 4) is 0 Å². The number of sulfone groups is 2. The fourth-order valence-electron chi connectivity index (χ4n) is 14.2. The fourth-order valence-corrected chi connectivity index (χ4v) is 17.1. The van der Waals surface area contributed by atoms with E-state index in [1.165, 1.54) is 24.0 Å². The Labute approximate surface area is 421 Å². The van der Waals surface area contributed by atoms with Crippen LogP contribution >= 0.6 is 0 Å². The van der Waals surface area contributed by atoms with E-state index in [0.29, 0.717) is 83.8 Å². The van der Waals surface area contributed by atoms with Crippen molar-refractivity contribution in [2.24, 2.45) is 46.3 Å². The van der Waals surface area contributed by atoms with E-state index < -0.39 is 44.1 Å². The van der Waals surface area contributed by atoms with Crippen molar-refractivity contribution in [2.45, 2.75) is 178 Å². The van der Waals surface area contributed by atoms with Gasteiger partial charge in [-0.3, -0.25) is 0 Å². The quantitative estimate of drug-likeness (QED) is 0.164. The molecule has 0 bridgehead atoms. The highest BCUT2D eigenvalue weighted by molar-refractivity contribution is 7.91. The lowest BCUT2D eigenvalue weighted by Crippen LogP contribution is -2.36. The first-order valence-corrected chi connectivity index (χ1v) is 29.8. The van der Waals surface area contributed by atoms with E-state index in [1.807, 2.05) is 38.1 Å². The lowest BCUT2D eigenvalue weighted by atomic mass is 9.61. The first-order chi connectivity index (χ1) is 33.0. The van der Waals surface area contributed by atoms with E-state index in [9.17, 15) is 37.3 Å². The maximum atomic E-state index is 12.9. The zero-order valence-corrected chi connectivity index (χ0v) is 44.7. The molecular weight excluding hydrogens is 913 g/mol. The minimum atomic E-state index is -3.27. The van der Waals surface area contributed by atoms with E-state index in [-0.39, 0.29) is 22.3 Å². The van der Waals surface area contributed by atoms with Crippen molar-refractivity contribution in [1.29, 1.82) is 0 Å². The molecule has 6 fully saturated rings. The Bertz CT molecular complexity index is 2370. The van der Waals surface area contributed by atoms with Crippen molar-refractivity contribution in [3.05, 3.63) is 131 Å². The summed E-state index contributed by atoms with van der Waals surface area (Å²) in [5, 5.41) is 40.5. The summed E-state index contributed by atoms with van der Waals surface area (Å²) in [7, 11) is -6.53. The molecule has 6 saturated carbocycles. The number of allylic oxidation sites excluding steroid dienone is 6. The highest BCUT2D eigenvalue weighted by Gasteiger charge is 2.52. The van der Waals surface area contributed by atoms with Crippen LogP contribution in [-0.4, -0.2) is 73.2 Å². The van der Waals surface area contributed by atoms with Crippen molar-refractivity contribution in [1.82, 2.24) is 0 Å². The lowest BCUT2D eigenvalue weighted by Gasteiger charge is -2.44. The molecule has 2 aromatic rings. The Morgan fingerprint density at radius 3 is 1.30 bits per heavy atom. The van der Waals surface area contributed by atoms with Crippen LogP contribution in [0.2, 0.25) is 0 Å². The summed E-state index contributed by atoms with van der Waals surface area (Å²) in [5.41, 5.74) is 8.85. The molecule has 0 heterocycles. The van der Waals surface area contributed by atoms with E-state index in [1.54, 1.807) is 24.3 Å². The summed E-state index contributed by atoms with van der Waals surface area (Å²) in [6.07, 6.45) is 21.0. The van der Waals surface area contributed by atoms with Gasteiger partial charge in [0, 0.05) is 12.8 Å². The van der Waals surface area contributed by atoms with Crippen LogP contribution in [0.4, 0.5) is 0 Å². The van der Waals surface area contributed by atoms with Gasteiger partial charge in [-0.25, -0.2) is 16.8 Å². The van der Waals surface area contributed by atoms with Gasteiger partial charge in [0.05, 0.1) is 45.7 Å². The van der Waals surface area contributed by atoms with E-state index in [0.717, 1.165) is 84.8 Å². The maximum Gasteiger partial charge on any atom is 0.178 e. The van der Waals surface area contributed by atoms with Gasteiger partial charge in [0.25, 0.3) is 0 Å². The number of benzene rings is 2. The summed E-state index contributed by atoms with van der Waals surface area (Å²) in [5.74, 6) is 3.18. The highest BCUT2D eigenvalue weighted by atomic mass is 32.2. The van der Waals surface area contributed by atoms with Gasteiger partial charge in [-0.2, -0.15) is 0 Å². The van der Waals surface area contributed by atoms with Gasteiger partial charge < -0.3 is 20.4 Å². The first-order valence-electron chi connectivity index (χ1n) is 26.5. The molecule has 10 heteroatoms. The largest absolute Gasteiger partial charge is 0.393 e. The fraction of sp³-hybridized carbons (Fsp3) is 0.600. The predicted molar refractivity (Wildman–Crippen MR) is 283 cm³/mol. The minimum absolute atomic E-state index is 0.193. The van der Waals surface area contributed by atoms with E-state index in [2.05, 4.69) is 65.2 Å². The molecule has 0 aromatic heterocycles. The normalized spacial score (nSPS) is 34.8. The molecule has 8 nitrogen and oxygen atoms in total. The molecule has 0 amide bonds.